The van der Waals surface area contributed by atoms with Crippen molar-refractivity contribution in [2.24, 2.45) is 0 Å². The molecule has 1 aromatic carbocycles. The number of carbonyl (C=O) groups excluding carboxylic acids is 1. The van der Waals surface area contributed by atoms with Gasteiger partial charge in [-0.05, 0) is 31.7 Å². The minimum atomic E-state index is -3.15. The third-order valence-electron chi connectivity index (χ3n) is 5.36. The van der Waals surface area contributed by atoms with Gasteiger partial charge in [0.15, 0.2) is 0 Å². The summed E-state index contributed by atoms with van der Waals surface area (Å²) in [6.07, 6.45) is 3.50. The second kappa shape index (κ2) is 5.91. The highest BCUT2D eigenvalue weighted by Gasteiger charge is 2.52. The number of amides is 1. The molecule has 1 aromatic rings. The molecule has 2 saturated heterocycles. The Labute approximate surface area is 138 Å². The summed E-state index contributed by atoms with van der Waals surface area (Å²) in [5.41, 5.74) is 0.881. The van der Waals surface area contributed by atoms with Crippen LogP contribution in [-0.4, -0.2) is 55.0 Å². The molecular weight excluding hydrogens is 312 g/mol. The van der Waals surface area contributed by atoms with Crippen LogP contribution < -0.4 is 0 Å². The first kappa shape index (κ1) is 16.5. The molecule has 0 N–H and O–H groups in total. The molecule has 0 aromatic heterocycles. The van der Waals surface area contributed by atoms with Crippen LogP contribution in [0, 0.1) is 0 Å². The van der Waals surface area contributed by atoms with Crippen molar-refractivity contribution in [1.82, 2.24) is 9.21 Å². The maximum atomic E-state index is 12.9. The lowest BCUT2D eigenvalue weighted by molar-refractivity contribution is -0.132. The summed E-state index contributed by atoms with van der Waals surface area (Å²) in [6, 6.07) is 9.93. The molecule has 5 nitrogen and oxygen atoms in total. The fraction of sp³-hybridized carbons (Fsp3) is 0.588. The maximum Gasteiger partial charge on any atom is 0.230 e. The van der Waals surface area contributed by atoms with Crippen LogP contribution in [0.3, 0.4) is 0 Å². The highest BCUT2D eigenvalue weighted by molar-refractivity contribution is 7.88. The lowest BCUT2D eigenvalue weighted by Crippen LogP contribution is -2.53. The molecule has 0 saturated carbocycles. The van der Waals surface area contributed by atoms with Crippen LogP contribution in [0.15, 0.2) is 30.3 Å². The van der Waals surface area contributed by atoms with Crippen LogP contribution >= 0.6 is 0 Å². The molecular formula is C17H24N2O3S. The number of benzene rings is 1. The van der Waals surface area contributed by atoms with Gasteiger partial charge < -0.3 is 4.90 Å². The topological polar surface area (TPSA) is 57.7 Å². The van der Waals surface area contributed by atoms with E-state index in [1.807, 2.05) is 42.2 Å². The quantitative estimate of drug-likeness (QED) is 0.846. The smallest absolute Gasteiger partial charge is 0.230 e. The number of sulfonamides is 1. The van der Waals surface area contributed by atoms with Gasteiger partial charge in [0, 0.05) is 25.2 Å². The molecule has 1 amide bonds. The Morgan fingerprint density at radius 3 is 2.30 bits per heavy atom. The maximum absolute atomic E-state index is 12.9. The normalized spacial score (nSPS) is 25.2. The first-order valence-electron chi connectivity index (χ1n) is 8.19. The Hall–Kier alpha value is -1.40. The minimum Gasteiger partial charge on any atom is -0.337 e. The molecule has 0 bridgehead atoms. The number of hydrogen-bond donors (Lipinski definition) is 0. The fourth-order valence-corrected chi connectivity index (χ4v) is 4.99. The van der Waals surface area contributed by atoms with Crippen LogP contribution in [0.1, 0.15) is 37.7 Å². The van der Waals surface area contributed by atoms with Crippen LogP contribution in [0.5, 0.6) is 0 Å². The van der Waals surface area contributed by atoms with Gasteiger partial charge in [-0.2, -0.15) is 0 Å². The molecule has 6 heteroatoms. The van der Waals surface area contributed by atoms with E-state index in [2.05, 4.69) is 0 Å². The number of rotatable bonds is 3. The number of likely N-dealkylation sites (N-methyl/N-ethyl adjacent to an activating group) is 1. The van der Waals surface area contributed by atoms with Crippen molar-refractivity contribution >= 4 is 15.9 Å². The van der Waals surface area contributed by atoms with Gasteiger partial charge in [-0.15, -0.1) is 0 Å². The van der Waals surface area contributed by atoms with Gasteiger partial charge >= 0.3 is 0 Å². The molecule has 2 aliphatic heterocycles. The Kier molecular flexibility index (Phi) is 4.23. The SMILES string of the molecule is CCN1C(=O)C(c2ccccc2)CC12CCN(S(C)(=O)=O)CC2. The zero-order valence-corrected chi connectivity index (χ0v) is 14.6. The molecule has 2 fully saturated rings. The summed E-state index contributed by atoms with van der Waals surface area (Å²) in [7, 11) is -3.15. The summed E-state index contributed by atoms with van der Waals surface area (Å²) in [5, 5.41) is 0. The average Bonchev–Trinajstić information content (AvgIpc) is 2.79. The molecule has 0 radical (unpaired) electrons. The number of piperidine rings is 1. The predicted molar refractivity (Wildman–Crippen MR) is 89.6 cm³/mol. The van der Waals surface area contributed by atoms with Crippen molar-refractivity contribution in [3.05, 3.63) is 35.9 Å². The first-order chi connectivity index (χ1) is 10.9. The number of likely N-dealkylation sites (tertiary alicyclic amines) is 1. The molecule has 126 valence electrons. The zero-order chi connectivity index (χ0) is 16.7. The summed E-state index contributed by atoms with van der Waals surface area (Å²) < 4.78 is 25.0. The lowest BCUT2D eigenvalue weighted by Gasteiger charge is -2.43. The number of nitrogens with zero attached hydrogens (tertiary/aromatic N) is 2. The zero-order valence-electron chi connectivity index (χ0n) is 13.7. The van der Waals surface area contributed by atoms with E-state index in [9.17, 15) is 13.2 Å². The highest BCUT2D eigenvalue weighted by atomic mass is 32.2. The first-order valence-corrected chi connectivity index (χ1v) is 10.0. The number of hydrogen-bond acceptors (Lipinski definition) is 3. The molecule has 1 atom stereocenters. The van der Waals surface area contributed by atoms with Crippen LogP contribution in [0.4, 0.5) is 0 Å². The molecule has 1 unspecified atom stereocenters. The van der Waals surface area contributed by atoms with Crippen LogP contribution in [0.2, 0.25) is 0 Å². The summed E-state index contributed by atoms with van der Waals surface area (Å²) >= 11 is 0. The van der Waals surface area contributed by atoms with Gasteiger partial charge in [0.1, 0.15) is 0 Å². The van der Waals surface area contributed by atoms with Crippen molar-refractivity contribution in [3.8, 4) is 0 Å². The summed E-state index contributed by atoms with van der Waals surface area (Å²) in [6.45, 7) is 3.70. The molecule has 23 heavy (non-hydrogen) atoms. The Balaban J connectivity index is 1.84. The van der Waals surface area contributed by atoms with E-state index in [1.165, 1.54) is 10.6 Å². The van der Waals surface area contributed by atoms with E-state index in [4.69, 9.17) is 0 Å². The van der Waals surface area contributed by atoms with Gasteiger partial charge in [0.2, 0.25) is 15.9 Å². The van der Waals surface area contributed by atoms with E-state index in [1.54, 1.807) is 0 Å². The van der Waals surface area contributed by atoms with E-state index < -0.39 is 10.0 Å². The van der Waals surface area contributed by atoms with Gasteiger partial charge in [-0.25, -0.2) is 12.7 Å². The third kappa shape index (κ3) is 2.90. The molecule has 1 spiro atoms. The van der Waals surface area contributed by atoms with Crippen LogP contribution in [0.25, 0.3) is 0 Å². The van der Waals surface area contributed by atoms with E-state index in [-0.39, 0.29) is 17.4 Å². The molecule has 0 aliphatic carbocycles. The van der Waals surface area contributed by atoms with E-state index >= 15 is 0 Å². The average molecular weight is 336 g/mol. The predicted octanol–water partition coefficient (Wildman–Crippen LogP) is 1.82. The Morgan fingerprint density at radius 2 is 1.78 bits per heavy atom. The van der Waals surface area contributed by atoms with Gasteiger partial charge in [-0.3, -0.25) is 4.79 Å². The summed E-state index contributed by atoms with van der Waals surface area (Å²) in [4.78, 5) is 14.9. The van der Waals surface area contributed by atoms with E-state index in [0.717, 1.165) is 24.8 Å². The molecule has 2 aliphatic rings. The Morgan fingerprint density at radius 1 is 1.17 bits per heavy atom. The Bertz CT molecular complexity index is 679. The van der Waals surface area contributed by atoms with Crippen molar-refractivity contribution in [3.63, 3.8) is 0 Å². The van der Waals surface area contributed by atoms with Gasteiger partial charge in [0.25, 0.3) is 0 Å². The second-order valence-electron chi connectivity index (χ2n) is 6.64. The molecule has 3 rings (SSSR count). The van der Waals surface area contributed by atoms with Crippen molar-refractivity contribution < 1.29 is 13.2 Å². The standard InChI is InChI=1S/C17H24N2O3S/c1-3-19-16(20)15(14-7-5-4-6-8-14)13-17(19)9-11-18(12-10-17)23(2,21)22/h4-8,15H,3,9-13H2,1-2H3. The largest absolute Gasteiger partial charge is 0.337 e. The fourth-order valence-electron chi connectivity index (χ4n) is 4.14. The van der Waals surface area contributed by atoms with Crippen LogP contribution in [-0.2, 0) is 14.8 Å². The highest BCUT2D eigenvalue weighted by Crippen LogP contribution is 2.45. The lowest BCUT2D eigenvalue weighted by atomic mass is 9.82. The summed E-state index contributed by atoms with van der Waals surface area (Å²) in [5.74, 6) is 0.0902. The second-order valence-corrected chi connectivity index (χ2v) is 8.62. The molecule has 2 heterocycles. The van der Waals surface area contributed by atoms with Gasteiger partial charge in [-0.1, -0.05) is 30.3 Å². The van der Waals surface area contributed by atoms with E-state index in [0.29, 0.717) is 19.6 Å². The van der Waals surface area contributed by atoms with Gasteiger partial charge in [0.05, 0.1) is 12.2 Å². The third-order valence-corrected chi connectivity index (χ3v) is 6.66. The van der Waals surface area contributed by atoms with Crippen molar-refractivity contribution in [1.29, 1.82) is 0 Å². The monoisotopic (exact) mass is 336 g/mol. The minimum absolute atomic E-state index is 0.0964. The van der Waals surface area contributed by atoms with Crippen molar-refractivity contribution in [2.75, 3.05) is 25.9 Å². The van der Waals surface area contributed by atoms with Crippen molar-refractivity contribution in [2.45, 2.75) is 37.6 Å². The number of carbonyl (C=O) groups is 1.